The van der Waals surface area contributed by atoms with E-state index in [2.05, 4.69) is 49.1 Å². The first kappa shape index (κ1) is 21.3. The normalized spacial score (nSPS) is 15.1. The molecule has 154 valence electrons. The van der Waals surface area contributed by atoms with Gasteiger partial charge in [-0.2, -0.15) is 0 Å². The summed E-state index contributed by atoms with van der Waals surface area (Å²) in [6.45, 7) is 7.50. The highest BCUT2D eigenvalue weighted by Crippen LogP contribution is 2.34. The number of hydrogen-bond acceptors (Lipinski definition) is 2. The van der Waals surface area contributed by atoms with Crippen LogP contribution in [0.4, 0.5) is 0 Å². The van der Waals surface area contributed by atoms with Gasteiger partial charge in [0, 0.05) is 6.54 Å². The molecule has 3 rings (SSSR count). The largest absolute Gasteiger partial charge is 0.387 e. The topological polar surface area (TPSA) is 23.5 Å². The lowest BCUT2D eigenvalue weighted by Crippen LogP contribution is -2.31. The molecule has 0 spiro atoms. The Hall–Kier alpha value is -1.38. The van der Waals surface area contributed by atoms with Crippen LogP contribution in [0.3, 0.4) is 0 Å². The number of rotatable bonds is 11. The maximum atomic E-state index is 11.3. The first-order valence-corrected chi connectivity index (χ1v) is 11.7. The molecule has 1 aliphatic carbocycles. The number of benzene rings is 2. The van der Waals surface area contributed by atoms with E-state index in [1.807, 2.05) is 0 Å². The van der Waals surface area contributed by atoms with Crippen LogP contribution in [0.5, 0.6) is 0 Å². The van der Waals surface area contributed by atoms with Crippen LogP contribution in [0.2, 0.25) is 0 Å². The zero-order chi connectivity index (χ0) is 19.8. The summed E-state index contributed by atoms with van der Waals surface area (Å²) in [5.74, 6) is 0. The number of unbranched alkanes of at least 4 members (excludes halogenated alkanes) is 4. The predicted molar refractivity (Wildman–Crippen MR) is 121 cm³/mol. The Morgan fingerprint density at radius 3 is 2.21 bits per heavy atom. The molecular weight excluding hydrogens is 342 g/mol. The van der Waals surface area contributed by atoms with E-state index in [0.717, 1.165) is 31.6 Å². The summed E-state index contributed by atoms with van der Waals surface area (Å²) in [4.78, 5) is 2.50. The molecule has 1 N–H and O–H groups in total. The lowest BCUT2D eigenvalue weighted by Gasteiger charge is -2.27. The standard InChI is InChI=1S/C26H39NO/c1-3-5-11-17-27(18-12-6-4-2)20-26(28)25-19-21-13-7-8-14-22(21)23-15-9-10-16-24(23)25/h9-10,15-16,19,26,28H,3-8,11-14,17-18,20H2,1-2H3/t26-/m0/s1. The second-order valence-corrected chi connectivity index (χ2v) is 8.59. The number of aliphatic hydroxyl groups is 1. The molecule has 0 fully saturated rings. The third kappa shape index (κ3) is 5.36. The molecule has 2 aromatic carbocycles. The summed E-state index contributed by atoms with van der Waals surface area (Å²) >= 11 is 0. The van der Waals surface area contributed by atoms with Gasteiger partial charge >= 0.3 is 0 Å². The van der Waals surface area contributed by atoms with Gasteiger partial charge in [0.2, 0.25) is 0 Å². The van der Waals surface area contributed by atoms with Gasteiger partial charge in [0.1, 0.15) is 0 Å². The van der Waals surface area contributed by atoms with E-state index in [1.165, 1.54) is 79.7 Å². The second-order valence-electron chi connectivity index (χ2n) is 8.59. The number of hydrogen-bond donors (Lipinski definition) is 1. The van der Waals surface area contributed by atoms with Gasteiger partial charge in [-0.1, -0.05) is 69.9 Å². The van der Waals surface area contributed by atoms with Gasteiger partial charge in [0.25, 0.3) is 0 Å². The maximum absolute atomic E-state index is 11.3. The molecule has 1 aliphatic rings. The van der Waals surface area contributed by atoms with Crippen LogP contribution in [-0.2, 0) is 12.8 Å². The van der Waals surface area contributed by atoms with Crippen molar-refractivity contribution >= 4 is 10.8 Å². The second kappa shape index (κ2) is 11.0. The summed E-state index contributed by atoms with van der Waals surface area (Å²) in [5, 5.41) is 13.9. The summed E-state index contributed by atoms with van der Waals surface area (Å²) in [6.07, 6.45) is 12.1. The van der Waals surface area contributed by atoms with Crippen LogP contribution < -0.4 is 0 Å². The van der Waals surface area contributed by atoms with Crippen molar-refractivity contribution in [3.8, 4) is 0 Å². The highest BCUT2D eigenvalue weighted by atomic mass is 16.3. The van der Waals surface area contributed by atoms with Gasteiger partial charge in [-0.05, 0) is 79.1 Å². The van der Waals surface area contributed by atoms with E-state index in [0.29, 0.717) is 0 Å². The zero-order valence-electron chi connectivity index (χ0n) is 18.1. The summed E-state index contributed by atoms with van der Waals surface area (Å²) < 4.78 is 0. The number of fused-ring (bicyclic) bond motifs is 3. The van der Waals surface area contributed by atoms with E-state index >= 15 is 0 Å². The van der Waals surface area contributed by atoms with Crippen LogP contribution in [0.15, 0.2) is 30.3 Å². The van der Waals surface area contributed by atoms with Crippen molar-refractivity contribution in [1.82, 2.24) is 4.90 Å². The number of aryl methyl sites for hydroxylation is 2. The van der Waals surface area contributed by atoms with E-state index in [1.54, 1.807) is 0 Å². The SMILES string of the molecule is CCCCCN(CCCCC)C[C@H](O)c1cc2c(c3ccccc13)CCCC2. The predicted octanol–water partition coefficient (Wildman–Crippen LogP) is 6.43. The zero-order valence-corrected chi connectivity index (χ0v) is 18.1. The first-order chi connectivity index (χ1) is 13.7. The summed E-state index contributed by atoms with van der Waals surface area (Å²) in [6, 6.07) is 11.1. The first-order valence-electron chi connectivity index (χ1n) is 11.7. The minimum atomic E-state index is -0.402. The average molecular weight is 382 g/mol. The van der Waals surface area contributed by atoms with Crippen molar-refractivity contribution in [3.05, 3.63) is 47.0 Å². The smallest absolute Gasteiger partial charge is 0.0923 e. The fourth-order valence-corrected chi connectivity index (χ4v) is 4.74. The average Bonchev–Trinajstić information content (AvgIpc) is 2.73. The molecule has 2 nitrogen and oxygen atoms in total. The Labute approximate surface area is 172 Å². The number of nitrogens with zero attached hydrogens (tertiary/aromatic N) is 1. The van der Waals surface area contributed by atoms with Crippen LogP contribution in [0.25, 0.3) is 10.8 Å². The Morgan fingerprint density at radius 2 is 1.54 bits per heavy atom. The van der Waals surface area contributed by atoms with Crippen LogP contribution in [-0.4, -0.2) is 29.6 Å². The van der Waals surface area contributed by atoms with Gasteiger partial charge < -0.3 is 10.0 Å². The van der Waals surface area contributed by atoms with E-state index in [4.69, 9.17) is 0 Å². The molecule has 0 bridgehead atoms. The molecule has 0 heterocycles. The third-order valence-electron chi connectivity index (χ3n) is 6.35. The van der Waals surface area contributed by atoms with E-state index < -0.39 is 6.10 Å². The monoisotopic (exact) mass is 381 g/mol. The molecule has 2 heteroatoms. The Balaban J connectivity index is 1.81. The van der Waals surface area contributed by atoms with Crippen LogP contribution in [0.1, 0.15) is 88.0 Å². The minimum absolute atomic E-state index is 0.402. The number of aliphatic hydroxyl groups excluding tert-OH is 1. The summed E-state index contributed by atoms with van der Waals surface area (Å²) in [5.41, 5.74) is 4.15. The molecule has 0 radical (unpaired) electrons. The van der Waals surface area contributed by atoms with Crippen molar-refractivity contribution in [3.63, 3.8) is 0 Å². The molecule has 28 heavy (non-hydrogen) atoms. The summed E-state index contributed by atoms with van der Waals surface area (Å²) in [7, 11) is 0. The Bertz CT molecular complexity index is 729. The van der Waals surface area contributed by atoms with Crippen molar-refractivity contribution in [2.45, 2.75) is 84.2 Å². The van der Waals surface area contributed by atoms with Gasteiger partial charge in [-0.25, -0.2) is 0 Å². The lowest BCUT2D eigenvalue weighted by atomic mass is 9.84. The van der Waals surface area contributed by atoms with Crippen molar-refractivity contribution < 1.29 is 5.11 Å². The van der Waals surface area contributed by atoms with Crippen LogP contribution in [0, 0.1) is 0 Å². The van der Waals surface area contributed by atoms with Gasteiger partial charge in [0.15, 0.2) is 0 Å². The molecule has 0 amide bonds. The molecular formula is C26H39NO. The van der Waals surface area contributed by atoms with E-state index in [9.17, 15) is 5.11 Å². The Morgan fingerprint density at radius 1 is 0.893 bits per heavy atom. The third-order valence-corrected chi connectivity index (χ3v) is 6.35. The molecule has 0 aliphatic heterocycles. The lowest BCUT2D eigenvalue weighted by molar-refractivity contribution is 0.111. The molecule has 0 saturated heterocycles. The fourth-order valence-electron chi connectivity index (χ4n) is 4.74. The molecule has 0 aromatic heterocycles. The van der Waals surface area contributed by atoms with Gasteiger partial charge in [-0.3, -0.25) is 0 Å². The fraction of sp³-hybridized carbons (Fsp3) is 0.615. The van der Waals surface area contributed by atoms with Gasteiger partial charge in [0.05, 0.1) is 6.10 Å². The molecule has 0 unspecified atom stereocenters. The quantitative estimate of drug-likeness (QED) is 0.453. The Kier molecular flexibility index (Phi) is 8.36. The maximum Gasteiger partial charge on any atom is 0.0923 e. The highest BCUT2D eigenvalue weighted by molar-refractivity contribution is 5.90. The van der Waals surface area contributed by atoms with Crippen LogP contribution >= 0.6 is 0 Å². The van der Waals surface area contributed by atoms with Crippen molar-refractivity contribution in [2.24, 2.45) is 0 Å². The van der Waals surface area contributed by atoms with Crippen molar-refractivity contribution in [1.29, 1.82) is 0 Å². The van der Waals surface area contributed by atoms with E-state index in [-0.39, 0.29) is 0 Å². The minimum Gasteiger partial charge on any atom is -0.387 e. The van der Waals surface area contributed by atoms with Gasteiger partial charge in [-0.15, -0.1) is 0 Å². The highest BCUT2D eigenvalue weighted by Gasteiger charge is 2.20. The van der Waals surface area contributed by atoms with Crippen molar-refractivity contribution in [2.75, 3.05) is 19.6 Å². The molecule has 2 aromatic rings. The molecule has 0 saturated carbocycles. The molecule has 1 atom stereocenters.